The third-order valence-electron chi connectivity index (χ3n) is 4.72. The molecule has 0 spiro atoms. The quantitative estimate of drug-likeness (QED) is 0.461. The summed E-state index contributed by atoms with van der Waals surface area (Å²) in [5.74, 6) is 1.31. The molecule has 0 saturated heterocycles. The smallest absolute Gasteiger partial charge is 0.118 e. The second-order valence-electron chi connectivity index (χ2n) is 6.35. The third kappa shape index (κ3) is 4.52. The Morgan fingerprint density at radius 1 is 0.880 bits per heavy atom. The van der Waals surface area contributed by atoms with E-state index in [1.807, 2.05) is 12.1 Å². The maximum atomic E-state index is 5.26. The number of ether oxygens (including phenoxy) is 1. The summed E-state index contributed by atoms with van der Waals surface area (Å²) in [6.07, 6.45) is 2.12. The first-order valence-electron chi connectivity index (χ1n) is 8.61. The fraction of sp³-hybridized carbons (Fsp3) is 0.217. The summed E-state index contributed by atoms with van der Waals surface area (Å²) < 4.78 is 6.38. The molecule has 2 heteroatoms. The molecule has 0 aliphatic heterocycles. The molecular weight excluding hydrogens is 372 g/mol. The first-order chi connectivity index (χ1) is 12.2. The number of hydrogen-bond acceptors (Lipinski definition) is 1. The molecule has 0 amide bonds. The minimum absolute atomic E-state index is 0.399. The summed E-state index contributed by atoms with van der Waals surface area (Å²) in [7, 11) is 1.71. The summed E-state index contributed by atoms with van der Waals surface area (Å²) in [4.78, 5) is 0. The summed E-state index contributed by atoms with van der Waals surface area (Å²) in [6, 6.07) is 25.8. The van der Waals surface area contributed by atoms with Gasteiger partial charge >= 0.3 is 0 Å². The van der Waals surface area contributed by atoms with Crippen molar-refractivity contribution >= 4 is 15.9 Å². The standard InChI is InChI=1S/C23H23BrO/c1-17-5-3-4-6-22(17)23(19-10-12-20(24)13-11-19)16-9-18-7-14-21(25-2)15-8-18/h3-8,10-15,23H,9,16H2,1-2H3. The lowest BCUT2D eigenvalue weighted by Crippen LogP contribution is -2.05. The van der Waals surface area contributed by atoms with Crippen LogP contribution in [0.15, 0.2) is 77.3 Å². The third-order valence-corrected chi connectivity index (χ3v) is 5.25. The molecule has 0 N–H and O–H groups in total. The largest absolute Gasteiger partial charge is 0.497 e. The summed E-state index contributed by atoms with van der Waals surface area (Å²) >= 11 is 3.54. The molecule has 128 valence electrons. The first kappa shape index (κ1) is 17.8. The minimum Gasteiger partial charge on any atom is -0.497 e. The molecule has 0 bridgehead atoms. The first-order valence-corrected chi connectivity index (χ1v) is 9.40. The predicted octanol–water partition coefficient (Wildman–Crippen LogP) is 6.53. The van der Waals surface area contributed by atoms with Crippen molar-refractivity contribution in [1.29, 1.82) is 0 Å². The average Bonchev–Trinajstić information content (AvgIpc) is 2.65. The summed E-state index contributed by atoms with van der Waals surface area (Å²) in [6.45, 7) is 2.20. The molecule has 25 heavy (non-hydrogen) atoms. The van der Waals surface area contributed by atoms with Crippen LogP contribution in [0, 0.1) is 6.92 Å². The van der Waals surface area contributed by atoms with Gasteiger partial charge in [-0.15, -0.1) is 0 Å². The van der Waals surface area contributed by atoms with Gasteiger partial charge in [0.25, 0.3) is 0 Å². The lowest BCUT2D eigenvalue weighted by atomic mass is 9.84. The SMILES string of the molecule is COc1ccc(CCC(c2ccc(Br)cc2)c2ccccc2C)cc1. The van der Waals surface area contributed by atoms with Gasteiger partial charge in [-0.3, -0.25) is 0 Å². The van der Waals surface area contributed by atoms with Crippen molar-refractivity contribution < 1.29 is 4.74 Å². The maximum Gasteiger partial charge on any atom is 0.118 e. The number of aryl methyl sites for hydroxylation is 2. The Bertz CT molecular complexity index is 806. The van der Waals surface area contributed by atoms with Crippen molar-refractivity contribution in [3.63, 3.8) is 0 Å². The van der Waals surface area contributed by atoms with Gasteiger partial charge in [0.15, 0.2) is 0 Å². The van der Waals surface area contributed by atoms with Crippen molar-refractivity contribution in [3.8, 4) is 5.75 Å². The van der Waals surface area contributed by atoms with Crippen LogP contribution in [0.2, 0.25) is 0 Å². The van der Waals surface area contributed by atoms with Gasteiger partial charge in [-0.2, -0.15) is 0 Å². The highest BCUT2D eigenvalue weighted by molar-refractivity contribution is 9.10. The summed E-state index contributed by atoms with van der Waals surface area (Å²) in [5.41, 5.74) is 5.48. The van der Waals surface area contributed by atoms with Crippen LogP contribution in [0.5, 0.6) is 5.75 Å². The molecule has 0 saturated carbocycles. The van der Waals surface area contributed by atoms with Gasteiger partial charge in [-0.05, 0) is 66.3 Å². The predicted molar refractivity (Wildman–Crippen MR) is 108 cm³/mol. The Balaban J connectivity index is 1.85. The van der Waals surface area contributed by atoms with E-state index in [0.717, 1.165) is 23.1 Å². The van der Waals surface area contributed by atoms with Gasteiger partial charge in [0, 0.05) is 10.4 Å². The van der Waals surface area contributed by atoms with E-state index in [2.05, 4.69) is 83.5 Å². The highest BCUT2D eigenvalue weighted by atomic mass is 79.9. The van der Waals surface area contributed by atoms with Crippen molar-refractivity contribution in [2.45, 2.75) is 25.7 Å². The van der Waals surface area contributed by atoms with Crippen LogP contribution < -0.4 is 4.74 Å². The van der Waals surface area contributed by atoms with E-state index in [1.165, 1.54) is 22.3 Å². The molecule has 3 rings (SSSR count). The second-order valence-corrected chi connectivity index (χ2v) is 7.26. The molecule has 1 unspecified atom stereocenters. The van der Waals surface area contributed by atoms with E-state index in [1.54, 1.807) is 7.11 Å². The molecule has 3 aromatic carbocycles. The Morgan fingerprint density at radius 2 is 1.56 bits per heavy atom. The molecule has 3 aromatic rings. The second kappa shape index (κ2) is 8.35. The molecule has 0 fully saturated rings. The highest BCUT2D eigenvalue weighted by Gasteiger charge is 2.16. The normalized spacial score (nSPS) is 12.0. The lowest BCUT2D eigenvalue weighted by molar-refractivity contribution is 0.414. The zero-order chi connectivity index (χ0) is 17.6. The fourth-order valence-corrected chi connectivity index (χ4v) is 3.54. The van der Waals surface area contributed by atoms with Crippen molar-refractivity contribution in [2.24, 2.45) is 0 Å². The Labute approximate surface area is 158 Å². The van der Waals surface area contributed by atoms with E-state index in [-0.39, 0.29) is 0 Å². The van der Waals surface area contributed by atoms with Crippen molar-refractivity contribution in [2.75, 3.05) is 7.11 Å². The Morgan fingerprint density at radius 3 is 2.20 bits per heavy atom. The molecular formula is C23H23BrO. The van der Waals surface area contributed by atoms with Gasteiger partial charge in [0.2, 0.25) is 0 Å². The van der Waals surface area contributed by atoms with Crippen LogP contribution in [0.25, 0.3) is 0 Å². The monoisotopic (exact) mass is 394 g/mol. The van der Waals surface area contributed by atoms with E-state index in [4.69, 9.17) is 4.74 Å². The Kier molecular flexibility index (Phi) is 5.93. The molecule has 0 radical (unpaired) electrons. The fourth-order valence-electron chi connectivity index (χ4n) is 3.28. The van der Waals surface area contributed by atoms with Crippen LogP contribution in [0.3, 0.4) is 0 Å². The number of halogens is 1. The molecule has 1 nitrogen and oxygen atoms in total. The average molecular weight is 395 g/mol. The van der Waals surface area contributed by atoms with Crippen molar-refractivity contribution in [1.82, 2.24) is 0 Å². The Hall–Kier alpha value is -2.06. The van der Waals surface area contributed by atoms with E-state index >= 15 is 0 Å². The van der Waals surface area contributed by atoms with Crippen LogP contribution in [0.4, 0.5) is 0 Å². The number of rotatable bonds is 6. The van der Waals surface area contributed by atoms with Crippen LogP contribution >= 0.6 is 15.9 Å². The maximum absolute atomic E-state index is 5.26. The number of methoxy groups -OCH3 is 1. The van der Waals surface area contributed by atoms with E-state index in [0.29, 0.717) is 5.92 Å². The number of hydrogen-bond donors (Lipinski definition) is 0. The van der Waals surface area contributed by atoms with E-state index < -0.39 is 0 Å². The van der Waals surface area contributed by atoms with Crippen LogP contribution in [-0.2, 0) is 6.42 Å². The van der Waals surface area contributed by atoms with Gasteiger partial charge in [-0.25, -0.2) is 0 Å². The van der Waals surface area contributed by atoms with Crippen molar-refractivity contribution in [3.05, 3.63) is 99.5 Å². The number of benzene rings is 3. The molecule has 1 atom stereocenters. The zero-order valence-corrected chi connectivity index (χ0v) is 16.3. The highest BCUT2D eigenvalue weighted by Crippen LogP contribution is 2.32. The van der Waals surface area contributed by atoms with Gasteiger partial charge in [-0.1, -0.05) is 64.5 Å². The van der Waals surface area contributed by atoms with Gasteiger partial charge < -0.3 is 4.74 Å². The zero-order valence-electron chi connectivity index (χ0n) is 14.7. The van der Waals surface area contributed by atoms with Crippen LogP contribution in [0.1, 0.15) is 34.6 Å². The molecule has 0 aromatic heterocycles. The topological polar surface area (TPSA) is 9.23 Å². The summed E-state index contributed by atoms with van der Waals surface area (Å²) in [5, 5.41) is 0. The molecule has 0 aliphatic carbocycles. The lowest BCUT2D eigenvalue weighted by Gasteiger charge is -2.20. The van der Waals surface area contributed by atoms with Crippen LogP contribution in [-0.4, -0.2) is 7.11 Å². The minimum atomic E-state index is 0.399. The van der Waals surface area contributed by atoms with E-state index in [9.17, 15) is 0 Å². The van der Waals surface area contributed by atoms with Gasteiger partial charge in [0.1, 0.15) is 5.75 Å². The van der Waals surface area contributed by atoms with Gasteiger partial charge in [0.05, 0.1) is 7.11 Å². The molecule has 0 aliphatic rings. The molecule has 0 heterocycles.